The molecule has 1 saturated heterocycles. The number of rotatable bonds is 7. The Labute approximate surface area is 124 Å². The van der Waals surface area contributed by atoms with E-state index < -0.39 is 10.2 Å². The van der Waals surface area contributed by atoms with Gasteiger partial charge in [0.05, 0.1) is 0 Å². The van der Waals surface area contributed by atoms with Crippen molar-refractivity contribution >= 4 is 10.2 Å². The molecule has 0 amide bonds. The zero-order valence-corrected chi connectivity index (χ0v) is 14.2. The average Bonchev–Trinajstić information content (AvgIpc) is 2.37. The van der Waals surface area contributed by atoms with Crippen LogP contribution in [0.5, 0.6) is 0 Å². The molecule has 2 N–H and O–H groups in total. The maximum atomic E-state index is 12.8. The highest BCUT2D eigenvalue weighted by atomic mass is 32.2. The minimum Gasteiger partial charge on any atom is -0.330 e. The second kappa shape index (κ2) is 7.73. The van der Waals surface area contributed by atoms with Crippen molar-refractivity contribution in [1.82, 2.24) is 8.61 Å². The lowest BCUT2D eigenvalue weighted by molar-refractivity contribution is 0.245. The summed E-state index contributed by atoms with van der Waals surface area (Å²) in [6, 6.07) is 0. The second-order valence-electron chi connectivity index (χ2n) is 6.69. The highest BCUT2D eigenvalue weighted by Crippen LogP contribution is 2.22. The first kappa shape index (κ1) is 17.9. The quantitative estimate of drug-likeness (QED) is 0.775. The lowest BCUT2D eigenvalue weighted by Gasteiger charge is -2.35. The summed E-state index contributed by atoms with van der Waals surface area (Å²) in [5.74, 6) is 1.15. The van der Waals surface area contributed by atoms with Crippen LogP contribution in [0.25, 0.3) is 0 Å². The van der Waals surface area contributed by atoms with E-state index in [9.17, 15) is 8.42 Å². The van der Waals surface area contributed by atoms with Gasteiger partial charge < -0.3 is 5.73 Å². The van der Waals surface area contributed by atoms with Gasteiger partial charge in [-0.3, -0.25) is 0 Å². The van der Waals surface area contributed by atoms with E-state index in [1.165, 1.54) is 0 Å². The molecule has 0 aliphatic carbocycles. The molecule has 1 fully saturated rings. The molecule has 0 unspecified atom stereocenters. The molecule has 20 heavy (non-hydrogen) atoms. The third-order valence-corrected chi connectivity index (χ3v) is 5.67. The molecular formula is C14H31N3O2S. The summed E-state index contributed by atoms with van der Waals surface area (Å²) in [5, 5.41) is 0. The monoisotopic (exact) mass is 305 g/mol. The maximum absolute atomic E-state index is 12.8. The summed E-state index contributed by atoms with van der Waals surface area (Å²) in [6.45, 7) is 11.3. The van der Waals surface area contributed by atoms with Crippen molar-refractivity contribution in [2.24, 2.45) is 23.5 Å². The standard InChI is InChI=1S/C14H31N3O2S/c1-12(2)10-17(11-13(3)4)20(18,19)16-7-5-14(9-15)6-8-16/h12-14H,5-11,15H2,1-4H3. The van der Waals surface area contributed by atoms with Crippen LogP contribution in [0.1, 0.15) is 40.5 Å². The normalized spacial score (nSPS) is 19.4. The van der Waals surface area contributed by atoms with E-state index in [0.29, 0.717) is 50.5 Å². The minimum atomic E-state index is -3.32. The molecule has 0 spiro atoms. The van der Waals surface area contributed by atoms with Gasteiger partial charge in [-0.25, -0.2) is 0 Å². The third-order valence-electron chi connectivity index (χ3n) is 3.70. The van der Waals surface area contributed by atoms with Crippen molar-refractivity contribution in [3.8, 4) is 0 Å². The Hall–Kier alpha value is -0.170. The van der Waals surface area contributed by atoms with Gasteiger partial charge in [0, 0.05) is 26.2 Å². The van der Waals surface area contributed by atoms with Crippen LogP contribution in [0, 0.1) is 17.8 Å². The van der Waals surface area contributed by atoms with E-state index in [1.807, 2.05) is 0 Å². The molecule has 5 nitrogen and oxygen atoms in total. The summed E-state index contributed by atoms with van der Waals surface area (Å²) in [7, 11) is -3.32. The van der Waals surface area contributed by atoms with Gasteiger partial charge in [0.25, 0.3) is 10.2 Å². The van der Waals surface area contributed by atoms with Crippen molar-refractivity contribution in [1.29, 1.82) is 0 Å². The average molecular weight is 305 g/mol. The Morgan fingerprint density at radius 1 is 1.10 bits per heavy atom. The van der Waals surface area contributed by atoms with Crippen LogP contribution in [0.15, 0.2) is 0 Å². The van der Waals surface area contributed by atoms with Crippen molar-refractivity contribution in [3.05, 3.63) is 0 Å². The van der Waals surface area contributed by atoms with Crippen LogP contribution in [-0.2, 0) is 10.2 Å². The first-order chi connectivity index (χ1) is 9.27. The molecule has 0 aromatic rings. The molecule has 6 heteroatoms. The van der Waals surface area contributed by atoms with Gasteiger partial charge in [0.1, 0.15) is 0 Å². The lowest BCUT2D eigenvalue weighted by atomic mass is 9.99. The summed E-state index contributed by atoms with van der Waals surface area (Å²) < 4.78 is 28.8. The molecule has 0 radical (unpaired) electrons. The first-order valence-electron chi connectivity index (χ1n) is 7.72. The smallest absolute Gasteiger partial charge is 0.281 e. The highest BCUT2D eigenvalue weighted by molar-refractivity contribution is 7.86. The van der Waals surface area contributed by atoms with E-state index in [-0.39, 0.29) is 0 Å². The van der Waals surface area contributed by atoms with Gasteiger partial charge in [0.15, 0.2) is 0 Å². The van der Waals surface area contributed by atoms with Crippen molar-refractivity contribution in [3.63, 3.8) is 0 Å². The highest BCUT2D eigenvalue weighted by Gasteiger charge is 2.33. The Morgan fingerprint density at radius 3 is 1.90 bits per heavy atom. The minimum absolute atomic E-state index is 0.338. The van der Waals surface area contributed by atoms with E-state index in [1.54, 1.807) is 8.61 Å². The predicted octanol–water partition coefficient (Wildman–Crippen LogP) is 1.52. The molecule has 120 valence electrons. The molecule has 0 aromatic heterocycles. The summed E-state index contributed by atoms with van der Waals surface area (Å²) in [5.41, 5.74) is 5.67. The van der Waals surface area contributed by atoms with E-state index in [0.717, 1.165) is 12.8 Å². The predicted molar refractivity (Wildman–Crippen MR) is 83.5 cm³/mol. The van der Waals surface area contributed by atoms with Crippen molar-refractivity contribution < 1.29 is 8.42 Å². The fourth-order valence-corrected chi connectivity index (χ4v) is 4.59. The molecular weight excluding hydrogens is 274 g/mol. The summed E-state index contributed by atoms with van der Waals surface area (Å²) in [4.78, 5) is 0. The van der Waals surface area contributed by atoms with E-state index in [4.69, 9.17) is 5.73 Å². The number of hydrogen-bond donors (Lipinski definition) is 1. The maximum Gasteiger partial charge on any atom is 0.281 e. The van der Waals surface area contributed by atoms with Crippen molar-refractivity contribution in [2.45, 2.75) is 40.5 Å². The third kappa shape index (κ3) is 4.98. The van der Waals surface area contributed by atoms with Crippen LogP contribution < -0.4 is 5.73 Å². The van der Waals surface area contributed by atoms with Gasteiger partial charge in [-0.1, -0.05) is 27.7 Å². The van der Waals surface area contributed by atoms with Crippen LogP contribution in [0.2, 0.25) is 0 Å². The molecule has 0 bridgehead atoms. The Balaban J connectivity index is 2.76. The number of piperidine rings is 1. The molecule has 1 aliphatic rings. The Morgan fingerprint density at radius 2 is 1.55 bits per heavy atom. The summed E-state index contributed by atoms with van der Waals surface area (Å²) in [6.07, 6.45) is 1.76. The largest absolute Gasteiger partial charge is 0.330 e. The van der Waals surface area contributed by atoms with Gasteiger partial charge in [-0.2, -0.15) is 17.0 Å². The Bertz CT molecular complexity index is 364. The van der Waals surface area contributed by atoms with Gasteiger partial charge in [0.2, 0.25) is 0 Å². The van der Waals surface area contributed by atoms with Crippen molar-refractivity contribution in [2.75, 3.05) is 32.7 Å². The fourth-order valence-electron chi connectivity index (χ4n) is 2.62. The summed E-state index contributed by atoms with van der Waals surface area (Å²) >= 11 is 0. The SMILES string of the molecule is CC(C)CN(CC(C)C)S(=O)(=O)N1CCC(CN)CC1. The molecule has 0 aromatic carbocycles. The van der Waals surface area contributed by atoms with Gasteiger partial charge in [-0.15, -0.1) is 0 Å². The lowest BCUT2D eigenvalue weighted by Crippen LogP contribution is -2.49. The van der Waals surface area contributed by atoms with Crippen LogP contribution in [0.4, 0.5) is 0 Å². The molecule has 0 atom stereocenters. The molecule has 1 rings (SSSR count). The zero-order chi connectivity index (χ0) is 15.3. The molecule has 1 heterocycles. The number of hydrogen-bond acceptors (Lipinski definition) is 3. The molecule has 0 saturated carbocycles. The van der Waals surface area contributed by atoms with E-state index >= 15 is 0 Å². The zero-order valence-electron chi connectivity index (χ0n) is 13.4. The molecule has 1 aliphatic heterocycles. The topological polar surface area (TPSA) is 66.6 Å². The Kier molecular flexibility index (Phi) is 6.91. The van der Waals surface area contributed by atoms with Gasteiger partial charge >= 0.3 is 0 Å². The van der Waals surface area contributed by atoms with Crippen LogP contribution >= 0.6 is 0 Å². The second-order valence-corrected chi connectivity index (χ2v) is 8.62. The van der Waals surface area contributed by atoms with Gasteiger partial charge in [-0.05, 0) is 37.1 Å². The number of nitrogens with zero attached hydrogens (tertiary/aromatic N) is 2. The van der Waals surface area contributed by atoms with Crippen LogP contribution in [-0.4, -0.2) is 49.8 Å². The van der Waals surface area contributed by atoms with E-state index in [2.05, 4.69) is 27.7 Å². The number of nitrogens with two attached hydrogens (primary N) is 1. The van der Waals surface area contributed by atoms with Crippen LogP contribution in [0.3, 0.4) is 0 Å². The fraction of sp³-hybridized carbons (Fsp3) is 1.00. The first-order valence-corrected chi connectivity index (χ1v) is 9.12.